The number of fused-ring (bicyclic) bond motifs is 1. The first kappa shape index (κ1) is 21.0. The zero-order valence-electron chi connectivity index (χ0n) is 17.5. The van der Waals surface area contributed by atoms with Crippen molar-refractivity contribution in [1.82, 2.24) is 29.7 Å². The second-order valence-corrected chi connectivity index (χ2v) is 9.54. The van der Waals surface area contributed by atoms with Gasteiger partial charge in [0.05, 0.1) is 6.33 Å². The summed E-state index contributed by atoms with van der Waals surface area (Å²) in [6.45, 7) is 0.867. The summed E-state index contributed by atoms with van der Waals surface area (Å²) < 4.78 is 3.37. The number of aromatic nitrogens is 6. The number of rotatable bonds is 9. The number of thioether (sulfide) groups is 1. The number of aryl methyl sites for hydroxylation is 1. The normalized spacial score (nSPS) is 11.4. The van der Waals surface area contributed by atoms with E-state index in [0.29, 0.717) is 0 Å². The summed E-state index contributed by atoms with van der Waals surface area (Å²) in [4.78, 5) is 10.7. The number of hydrogen-bond donors (Lipinski definition) is 2. The first-order chi connectivity index (χ1) is 15.8. The van der Waals surface area contributed by atoms with E-state index in [2.05, 4.69) is 100 Å². The number of halogens is 1. The van der Waals surface area contributed by atoms with Crippen LogP contribution in [0.25, 0.3) is 10.9 Å². The van der Waals surface area contributed by atoms with E-state index in [1.807, 2.05) is 6.20 Å². The summed E-state index contributed by atoms with van der Waals surface area (Å²) in [5.74, 6) is 1.86. The molecule has 3 heterocycles. The van der Waals surface area contributed by atoms with Crippen molar-refractivity contribution in [2.45, 2.75) is 36.7 Å². The van der Waals surface area contributed by atoms with E-state index in [0.717, 1.165) is 58.2 Å². The Morgan fingerprint density at radius 3 is 2.72 bits per heavy atom. The van der Waals surface area contributed by atoms with Crippen molar-refractivity contribution >= 4 is 38.6 Å². The van der Waals surface area contributed by atoms with Crippen molar-refractivity contribution in [3.05, 3.63) is 94.4 Å². The topological polar surface area (TPSA) is 75.2 Å². The second kappa shape index (κ2) is 9.75. The van der Waals surface area contributed by atoms with Crippen LogP contribution in [0.1, 0.15) is 29.1 Å². The third-order valence-corrected chi connectivity index (χ3v) is 7.05. The molecule has 0 aliphatic carbocycles. The minimum absolute atomic E-state index is 0.750. The van der Waals surface area contributed by atoms with Crippen LogP contribution in [0.5, 0.6) is 0 Å². The van der Waals surface area contributed by atoms with Gasteiger partial charge >= 0.3 is 0 Å². The zero-order valence-corrected chi connectivity index (χ0v) is 19.9. The first-order valence-electron chi connectivity index (χ1n) is 10.6. The lowest BCUT2D eigenvalue weighted by molar-refractivity contribution is 0.572. The van der Waals surface area contributed by atoms with Crippen LogP contribution in [-0.2, 0) is 25.1 Å². The maximum atomic E-state index is 4.59. The van der Waals surface area contributed by atoms with E-state index in [-0.39, 0.29) is 0 Å². The van der Waals surface area contributed by atoms with Gasteiger partial charge in [-0.2, -0.15) is 0 Å². The van der Waals surface area contributed by atoms with E-state index < -0.39 is 0 Å². The molecule has 6 nitrogen and oxygen atoms in total. The van der Waals surface area contributed by atoms with Crippen LogP contribution in [0.3, 0.4) is 0 Å². The van der Waals surface area contributed by atoms with Crippen molar-refractivity contribution in [2.24, 2.45) is 0 Å². The quantitative estimate of drug-likeness (QED) is 0.249. The molecule has 0 aliphatic rings. The van der Waals surface area contributed by atoms with E-state index in [1.54, 1.807) is 18.1 Å². The van der Waals surface area contributed by atoms with Crippen LogP contribution in [0.2, 0.25) is 0 Å². The Bertz CT molecular complexity index is 1290. The Kier molecular flexibility index (Phi) is 6.41. The molecule has 0 saturated heterocycles. The highest BCUT2D eigenvalue weighted by molar-refractivity contribution is 9.10. The zero-order chi connectivity index (χ0) is 21.8. The molecule has 0 fully saturated rings. The van der Waals surface area contributed by atoms with Crippen molar-refractivity contribution < 1.29 is 0 Å². The number of benzene rings is 2. The number of para-hydroxylation sites is 1. The maximum absolute atomic E-state index is 4.59. The molecule has 0 bridgehead atoms. The van der Waals surface area contributed by atoms with Gasteiger partial charge in [-0.25, -0.2) is 4.98 Å². The average molecular weight is 507 g/mol. The van der Waals surface area contributed by atoms with E-state index in [4.69, 9.17) is 0 Å². The average Bonchev–Trinajstić information content (AvgIpc) is 3.56. The van der Waals surface area contributed by atoms with Crippen molar-refractivity contribution in [3.8, 4) is 0 Å². The highest BCUT2D eigenvalue weighted by atomic mass is 79.9. The molecule has 5 rings (SSSR count). The molecule has 8 heteroatoms. The van der Waals surface area contributed by atoms with E-state index in [1.165, 1.54) is 16.5 Å². The minimum Gasteiger partial charge on any atom is -0.361 e. The van der Waals surface area contributed by atoms with Gasteiger partial charge < -0.3 is 14.5 Å². The number of H-pyrrole nitrogens is 2. The van der Waals surface area contributed by atoms with Crippen LogP contribution in [-0.4, -0.2) is 29.7 Å². The fourth-order valence-electron chi connectivity index (χ4n) is 3.81. The van der Waals surface area contributed by atoms with Gasteiger partial charge in [0.2, 0.25) is 0 Å². The van der Waals surface area contributed by atoms with Gasteiger partial charge in [-0.3, -0.25) is 0 Å². The summed E-state index contributed by atoms with van der Waals surface area (Å²) in [7, 11) is 0. The van der Waals surface area contributed by atoms with Crippen LogP contribution in [0.4, 0.5) is 0 Å². The molecule has 0 saturated carbocycles. The molecule has 3 aromatic heterocycles. The lowest BCUT2D eigenvalue weighted by atomic mass is 10.1. The predicted octanol–water partition coefficient (Wildman–Crippen LogP) is 5.76. The smallest absolute Gasteiger partial charge is 0.191 e. The highest BCUT2D eigenvalue weighted by Crippen LogP contribution is 2.26. The number of hydrogen-bond acceptors (Lipinski definition) is 4. The molecule has 2 aromatic carbocycles. The fourth-order valence-corrected chi connectivity index (χ4v) is 5.01. The molecule has 0 amide bonds. The number of nitrogens with one attached hydrogen (secondary N) is 2. The van der Waals surface area contributed by atoms with Crippen LogP contribution < -0.4 is 0 Å². The van der Waals surface area contributed by atoms with Gasteiger partial charge in [-0.05, 0) is 42.2 Å². The van der Waals surface area contributed by atoms with Gasteiger partial charge in [0.25, 0.3) is 0 Å². The maximum Gasteiger partial charge on any atom is 0.191 e. The van der Waals surface area contributed by atoms with Gasteiger partial charge in [-0.15, -0.1) is 10.2 Å². The molecule has 0 aliphatic heterocycles. The summed E-state index contributed by atoms with van der Waals surface area (Å²) in [5, 5.41) is 11.4. The Balaban J connectivity index is 1.36. The number of aromatic amines is 2. The van der Waals surface area contributed by atoms with E-state index in [9.17, 15) is 0 Å². The monoisotopic (exact) mass is 506 g/mol. The predicted molar refractivity (Wildman–Crippen MR) is 132 cm³/mol. The van der Waals surface area contributed by atoms with Crippen molar-refractivity contribution in [1.29, 1.82) is 0 Å². The Hall–Kier alpha value is -2.84. The van der Waals surface area contributed by atoms with Gasteiger partial charge in [0.1, 0.15) is 5.82 Å². The third-order valence-electron chi connectivity index (χ3n) is 5.48. The molecule has 0 radical (unpaired) electrons. The van der Waals surface area contributed by atoms with Crippen molar-refractivity contribution in [3.63, 3.8) is 0 Å². The number of nitrogens with zero attached hydrogens (tertiary/aromatic N) is 4. The lowest BCUT2D eigenvalue weighted by Gasteiger charge is -2.10. The molecule has 0 unspecified atom stereocenters. The Morgan fingerprint density at radius 1 is 1.00 bits per heavy atom. The summed E-state index contributed by atoms with van der Waals surface area (Å²) in [6, 6.07) is 16.8. The SMILES string of the molecule is Brc1ccc(CSc2nnc(Cc3c[nH]c4ccccc34)n2CCCc2cnc[nH]2)cc1. The molecule has 32 heavy (non-hydrogen) atoms. The first-order valence-corrected chi connectivity index (χ1v) is 12.4. The standard InChI is InChI=1S/C24H23BrN6S/c25-19-9-7-17(8-10-19)15-32-24-30-29-23(31(24)11-3-4-20-14-26-16-28-20)12-18-13-27-22-6-2-1-5-21(18)22/h1-2,5-10,13-14,16,27H,3-4,11-12,15H2,(H,26,28). The summed E-state index contributed by atoms with van der Waals surface area (Å²) >= 11 is 5.24. The molecular weight excluding hydrogens is 484 g/mol. The van der Waals surface area contributed by atoms with Gasteiger partial charge in [0.15, 0.2) is 5.16 Å². The van der Waals surface area contributed by atoms with Gasteiger partial charge in [0, 0.05) is 52.2 Å². The lowest BCUT2D eigenvalue weighted by Crippen LogP contribution is -2.07. The highest BCUT2D eigenvalue weighted by Gasteiger charge is 2.15. The molecule has 162 valence electrons. The van der Waals surface area contributed by atoms with E-state index >= 15 is 0 Å². The van der Waals surface area contributed by atoms with Crippen molar-refractivity contribution in [2.75, 3.05) is 0 Å². The summed E-state index contributed by atoms with van der Waals surface area (Å²) in [5.41, 5.74) is 4.81. The Labute approximate surface area is 199 Å². The largest absolute Gasteiger partial charge is 0.361 e. The van der Waals surface area contributed by atoms with Crippen LogP contribution >= 0.6 is 27.7 Å². The molecule has 0 spiro atoms. The Morgan fingerprint density at radius 2 is 1.88 bits per heavy atom. The third kappa shape index (κ3) is 4.81. The molecular formula is C24H23BrN6S. The molecule has 2 N–H and O–H groups in total. The molecule has 0 atom stereocenters. The second-order valence-electron chi connectivity index (χ2n) is 7.68. The molecule has 5 aromatic rings. The van der Waals surface area contributed by atoms with Gasteiger partial charge in [-0.1, -0.05) is 58.0 Å². The number of imidazole rings is 1. The summed E-state index contributed by atoms with van der Waals surface area (Å²) in [6.07, 6.45) is 8.40. The fraction of sp³-hybridized carbons (Fsp3) is 0.208. The van der Waals surface area contributed by atoms with Crippen LogP contribution in [0, 0.1) is 0 Å². The minimum atomic E-state index is 0.750. The van der Waals surface area contributed by atoms with Crippen LogP contribution in [0.15, 0.2) is 76.9 Å².